The van der Waals surface area contributed by atoms with Crippen molar-refractivity contribution in [2.45, 2.75) is 44.9 Å². The zero-order valence-electron chi connectivity index (χ0n) is 14.1. The molecule has 1 spiro atoms. The van der Waals surface area contributed by atoms with Crippen LogP contribution in [0.5, 0.6) is 0 Å². The van der Waals surface area contributed by atoms with Gasteiger partial charge in [-0.3, -0.25) is 4.79 Å². The van der Waals surface area contributed by atoms with Crippen molar-refractivity contribution in [2.75, 3.05) is 30.4 Å². The summed E-state index contributed by atoms with van der Waals surface area (Å²) in [6, 6.07) is 8.63. The number of nitrogens with zero attached hydrogens (tertiary/aromatic N) is 1. The maximum absolute atomic E-state index is 10.9. The highest BCUT2D eigenvalue weighted by Gasteiger charge is 2.38. The fraction of sp³-hybridized carbons (Fsp3) is 0.632. The van der Waals surface area contributed by atoms with Crippen molar-refractivity contribution < 1.29 is 9.90 Å². The van der Waals surface area contributed by atoms with Crippen molar-refractivity contribution in [1.82, 2.24) is 0 Å². The first-order valence-corrected chi connectivity index (χ1v) is 8.85. The lowest BCUT2D eigenvalue weighted by Crippen LogP contribution is -2.42. The molecule has 2 N–H and O–H groups in total. The SMILES string of the molecule is CNc1cccc(N2CCC3(CCC(CC(=O)O)CC3)CC2)c1. The number of carboxylic acids is 1. The molecule has 0 aromatic heterocycles. The minimum absolute atomic E-state index is 0.360. The number of anilines is 2. The molecule has 1 aliphatic carbocycles. The summed E-state index contributed by atoms with van der Waals surface area (Å²) in [5.74, 6) is -0.228. The summed E-state index contributed by atoms with van der Waals surface area (Å²) < 4.78 is 0. The predicted molar refractivity (Wildman–Crippen MR) is 94.1 cm³/mol. The summed E-state index contributed by atoms with van der Waals surface area (Å²) >= 11 is 0. The molecular formula is C19H28N2O2. The minimum atomic E-state index is -0.634. The zero-order chi connectivity index (χ0) is 16.3. The summed E-state index contributed by atoms with van der Waals surface area (Å²) in [4.78, 5) is 13.4. The van der Waals surface area contributed by atoms with Crippen LogP contribution in [0.15, 0.2) is 24.3 Å². The largest absolute Gasteiger partial charge is 0.481 e. The maximum atomic E-state index is 10.9. The lowest BCUT2D eigenvalue weighted by Gasteiger charge is -2.46. The Morgan fingerprint density at radius 1 is 1.26 bits per heavy atom. The van der Waals surface area contributed by atoms with Gasteiger partial charge in [-0.2, -0.15) is 0 Å². The Morgan fingerprint density at radius 3 is 2.57 bits per heavy atom. The molecule has 2 aliphatic rings. The van der Waals surface area contributed by atoms with Crippen LogP contribution in [-0.4, -0.2) is 31.2 Å². The number of hydrogen-bond donors (Lipinski definition) is 2. The number of carboxylic acid groups (broad SMARTS) is 1. The van der Waals surface area contributed by atoms with E-state index in [-0.39, 0.29) is 0 Å². The molecular weight excluding hydrogens is 288 g/mol. The monoisotopic (exact) mass is 316 g/mol. The summed E-state index contributed by atoms with van der Waals surface area (Å²) in [6.45, 7) is 2.24. The van der Waals surface area contributed by atoms with Gasteiger partial charge in [0.2, 0.25) is 0 Å². The van der Waals surface area contributed by atoms with Crippen LogP contribution in [0.4, 0.5) is 11.4 Å². The molecule has 1 aromatic carbocycles. The average molecular weight is 316 g/mol. The Bertz CT molecular complexity index is 540. The molecule has 126 valence electrons. The molecule has 1 aliphatic heterocycles. The van der Waals surface area contributed by atoms with Crippen molar-refractivity contribution in [2.24, 2.45) is 11.3 Å². The number of benzene rings is 1. The molecule has 0 unspecified atom stereocenters. The molecule has 3 rings (SSSR count). The number of nitrogens with one attached hydrogen (secondary N) is 1. The molecule has 0 radical (unpaired) electrons. The highest BCUT2D eigenvalue weighted by molar-refractivity contribution is 5.67. The van der Waals surface area contributed by atoms with Crippen LogP contribution in [0.1, 0.15) is 44.9 Å². The van der Waals surface area contributed by atoms with Gasteiger partial charge in [-0.05, 0) is 68.1 Å². The van der Waals surface area contributed by atoms with E-state index < -0.39 is 5.97 Å². The Balaban J connectivity index is 1.55. The second kappa shape index (κ2) is 6.81. The lowest BCUT2D eigenvalue weighted by atomic mass is 9.65. The summed E-state index contributed by atoms with van der Waals surface area (Å²) in [5, 5.41) is 12.2. The van der Waals surface area contributed by atoms with Gasteiger partial charge in [0.1, 0.15) is 0 Å². The van der Waals surface area contributed by atoms with Crippen molar-refractivity contribution in [3.63, 3.8) is 0 Å². The second-order valence-corrected chi connectivity index (χ2v) is 7.33. The van der Waals surface area contributed by atoms with Crippen LogP contribution in [-0.2, 0) is 4.79 Å². The number of hydrogen-bond acceptors (Lipinski definition) is 3. The van der Waals surface area contributed by atoms with E-state index in [0.717, 1.165) is 31.6 Å². The first-order chi connectivity index (χ1) is 11.1. The van der Waals surface area contributed by atoms with E-state index in [1.165, 1.54) is 31.4 Å². The van der Waals surface area contributed by atoms with Gasteiger partial charge >= 0.3 is 5.97 Å². The zero-order valence-corrected chi connectivity index (χ0v) is 14.1. The van der Waals surface area contributed by atoms with Crippen molar-refractivity contribution in [3.8, 4) is 0 Å². The Labute approximate surface area is 138 Å². The molecule has 1 saturated carbocycles. The van der Waals surface area contributed by atoms with Crippen molar-refractivity contribution in [3.05, 3.63) is 24.3 Å². The van der Waals surface area contributed by atoms with E-state index in [1.807, 2.05) is 7.05 Å². The first-order valence-electron chi connectivity index (χ1n) is 8.85. The van der Waals surface area contributed by atoms with Gasteiger partial charge in [0, 0.05) is 37.9 Å². The Hall–Kier alpha value is -1.71. The third-order valence-corrected chi connectivity index (χ3v) is 5.95. The van der Waals surface area contributed by atoms with Gasteiger partial charge in [0.25, 0.3) is 0 Å². The maximum Gasteiger partial charge on any atom is 0.303 e. The third-order valence-electron chi connectivity index (χ3n) is 5.95. The molecule has 0 amide bonds. The molecule has 0 bridgehead atoms. The van der Waals surface area contributed by atoms with Crippen molar-refractivity contribution >= 4 is 17.3 Å². The van der Waals surface area contributed by atoms with Crippen LogP contribution in [0.2, 0.25) is 0 Å². The first kappa shape index (κ1) is 16.2. The molecule has 4 heteroatoms. The van der Waals surface area contributed by atoms with E-state index >= 15 is 0 Å². The van der Waals surface area contributed by atoms with Crippen LogP contribution < -0.4 is 10.2 Å². The minimum Gasteiger partial charge on any atom is -0.481 e. The van der Waals surface area contributed by atoms with Gasteiger partial charge in [0.05, 0.1) is 0 Å². The van der Waals surface area contributed by atoms with Crippen LogP contribution >= 0.6 is 0 Å². The summed E-state index contributed by atoms with van der Waals surface area (Å²) in [7, 11) is 1.96. The standard InChI is InChI=1S/C19H28N2O2/c1-20-16-3-2-4-17(14-16)21-11-9-19(10-12-21)7-5-15(6-8-19)13-18(22)23/h2-4,14-15,20H,5-13H2,1H3,(H,22,23). The molecule has 1 heterocycles. The Kier molecular flexibility index (Phi) is 4.79. The van der Waals surface area contributed by atoms with Gasteiger partial charge in [-0.25, -0.2) is 0 Å². The van der Waals surface area contributed by atoms with Crippen LogP contribution in [0.3, 0.4) is 0 Å². The quantitative estimate of drug-likeness (QED) is 0.882. The topological polar surface area (TPSA) is 52.6 Å². The van der Waals surface area contributed by atoms with E-state index in [4.69, 9.17) is 5.11 Å². The molecule has 0 atom stereocenters. The fourth-order valence-corrected chi connectivity index (χ4v) is 4.34. The van der Waals surface area contributed by atoms with E-state index in [1.54, 1.807) is 0 Å². The molecule has 23 heavy (non-hydrogen) atoms. The second-order valence-electron chi connectivity index (χ2n) is 7.33. The number of rotatable bonds is 4. The van der Waals surface area contributed by atoms with E-state index in [2.05, 4.69) is 34.5 Å². The Morgan fingerprint density at radius 2 is 1.96 bits per heavy atom. The number of piperidine rings is 1. The molecule has 1 saturated heterocycles. The van der Waals surface area contributed by atoms with E-state index in [9.17, 15) is 4.79 Å². The number of aliphatic carboxylic acids is 1. The predicted octanol–water partition coefficient (Wildman–Crippen LogP) is 3.98. The number of carbonyl (C=O) groups is 1. The fourth-order valence-electron chi connectivity index (χ4n) is 4.34. The summed E-state index contributed by atoms with van der Waals surface area (Å²) in [6.07, 6.45) is 7.49. The van der Waals surface area contributed by atoms with Crippen LogP contribution in [0.25, 0.3) is 0 Å². The van der Waals surface area contributed by atoms with Gasteiger partial charge < -0.3 is 15.3 Å². The molecule has 1 aromatic rings. The highest BCUT2D eigenvalue weighted by atomic mass is 16.4. The van der Waals surface area contributed by atoms with Gasteiger partial charge in [0.15, 0.2) is 0 Å². The smallest absolute Gasteiger partial charge is 0.303 e. The molecule has 4 nitrogen and oxygen atoms in total. The van der Waals surface area contributed by atoms with Crippen LogP contribution in [0, 0.1) is 11.3 Å². The van der Waals surface area contributed by atoms with Crippen molar-refractivity contribution in [1.29, 1.82) is 0 Å². The normalized spacial score (nSPS) is 21.3. The summed E-state index contributed by atoms with van der Waals surface area (Å²) in [5.41, 5.74) is 2.95. The average Bonchev–Trinajstić information content (AvgIpc) is 2.57. The highest BCUT2D eigenvalue weighted by Crippen LogP contribution is 2.47. The third kappa shape index (κ3) is 3.80. The van der Waals surface area contributed by atoms with E-state index in [0.29, 0.717) is 17.8 Å². The lowest BCUT2D eigenvalue weighted by molar-refractivity contribution is -0.138. The van der Waals surface area contributed by atoms with Gasteiger partial charge in [-0.15, -0.1) is 0 Å². The van der Waals surface area contributed by atoms with Gasteiger partial charge in [-0.1, -0.05) is 6.07 Å². The molecule has 2 fully saturated rings.